The smallest absolute Gasteiger partial charge is 0.241 e. The monoisotopic (exact) mass is 471 g/mol. The minimum atomic E-state index is -0.793. The molecule has 0 spiro atoms. The number of benzene rings is 2. The van der Waals surface area contributed by atoms with Gasteiger partial charge in [0, 0.05) is 39.1 Å². The zero-order chi connectivity index (χ0) is 24.4. The molecule has 2 saturated carbocycles. The van der Waals surface area contributed by atoms with Crippen molar-refractivity contribution in [2.24, 2.45) is 17.6 Å². The van der Waals surface area contributed by atoms with E-state index in [-0.39, 0.29) is 11.8 Å². The molecular formula is C29H37N5O. The molecular weight excluding hydrogens is 434 g/mol. The lowest BCUT2D eigenvalue weighted by Gasteiger charge is -2.33. The largest absolute Gasteiger partial charge is 0.338 e. The number of piperazine rings is 1. The highest BCUT2D eigenvalue weighted by Crippen LogP contribution is 2.49. The molecule has 1 heterocycles. The summed E-state index contributed by atoms with van der Waals surface area (Å²) in [4.78, 5) is 17.8. The van der Waals surface area contributed by atoms with Crippen molar-refractivity contribution in [3.63, 3.8) is 0 Å². The molecule has 35 heavy (non-hydrogen) atoms. The molecule has 5 rings (SSSR count). The zero-order valence-electron chi connectivity index (χ0n) is 20.7. The van der Waals surface area contributed by atoms with E-state index in [1.54, 1.807) is 0 Å². The molecule has 6 heteroatoms. The number of rotatable bonds is 7. The SMILES string of the molecule is CN1CCN(Cc2ccc(-c3ccc(C[C@@H](C#N)NC(=O)C4(N)CC5CCC4C5)cc3)cc2)CC1. The molecule has 3 unspecified atom stereocenters. The van der Waals surface area contributed by atoms with Crippen LogP contribution in [0.5, 0.6) is 0 Å². The second kappa shape index (κ2) is 10.1. The summed E-state index contributed by atoms with van der Waals surface area (Å²) in [5.41, 5.74) is 10.4. The Morgan fingerprint density at radius 1 is 1.06 bits per heavy atom. The lowest BCUT2D eigenvalue weighted by Crippen LogP contribution is -2.59. The molecule has 3 N–H and O–H groups in total. The van der Waals surface area contributed by atoms with Crippen LogP contribution < -0.4 is 11.1 Å². The van der Waals surface area contributed by atoms with Gasteiger partial charge in [-0.05, 0) is 60.4 Å². The number of carbonyl (C=O) groups excluding carboxylic acids is 1. The summed E-state index contributed by atoms with van der Waals surface area (Å²) in [5, 5.41) is 12.6. The fraction of sp³-hybridized carbons (Fsp3) is 0.517. The molecule has 2 aliphatic carbocycles. The molecule has 0 aromatic heterocycles. The van der Waals surface area contributed by atoms with Crippen LogP contribution in [0.2, 0.25) is 0 Å². The van der Waals surface area contributed by atoms with Gasteiger partial charge >= 0.3 is 0 Å². The van der Waals surface area contributed by atoms with Gasteiger partial charge in [0.25, 0.3) is 0 Å². The highest BCUT2D eigenvalue weighted by atomic mass is 16.2. The third kappa shape index (κ3) is 5.28. The summed E-state index contributed by atoms with van der Waals surface area (Å²) < 4.78 is 0. The third-order valence-electron chi connectivity index (χ3n) is 8.46. The van der Waals surface area contributed by atoms with E-state index in [0.717, 1.165) is 63.1 Å². The first-order valence-corrected chi connectivity index (χ1v) is 13.0. The van der Waals surface area contributed by atoms with Crippen molar-refractivity contribution < 1.29 is 4.79 Å². The highest BCUT2D eigenvalue weighted by Gasteiger charge is 2.53. The summed E-state index contributed by atoms with van der Waals surface area (Å²) in [5.74, 6) is 0.688. The lowest BCUT2D eigenvalue weighted by atomic mass is 9.81. The van der Waals surface area contributed by atoms with Crippen molar-refractivity contribution in [1.82, 2.24) is 15.1 Å². The van der Waals surface area contributed by atoms with Gasteiger partial charge in [-0.3, -0.25) is 9.69 Å². The Kier molecular flexibility index (Phi) is 6.93. The summed E-state index contributed by atoms with van der Waals surface area (Å²) in [6, 6.07) is 18.8. The van der Waals surface area contributed by atoms with E-state index < -0.39 is 11.6 Å². The third-order valence-corrected chi connectivity index (χ3v) is 8.46. The number of hydrogen-bond acceptors (Lipinski definition) is 5. The molecule has 0 radical (unpaired) electrons. The van der Waals surface area contributed by atoms with Gasteiger partial charge in [0.15, 0.2) is 0 Å². The quantitative estimate of drug-likeness (QED) is 0.648. The standard InChI is InChI=1S/C29H37N5O/c1-33-12-14-34(15-13-33)20-22-4-9-25(10-5-22)24-7-2-21(3-8-24)17-27(19-30)32-28(35)29(31)18-23-6-11-26(29)16-23/h2-5,7-10,23,26-27H,6,11-18,20,31H2,1H3,(H,32,35)/t23?,26?,27-,29?/m0/s1. The molecule has 1 aliphatic heterocycles. The van der Waals surface area contributed by atoms with E-state index in [0.29, 0.717) is 12.3 Å². The van der Waals surface area contributed by atoms with Gasteiger partial charge in [-0.15, -0.1) is 0 Å². The first kappa shape index (κ1) is 24.0. The molecule has 2 aromatic rings. The number of nitriles is 1. The van der Waals surface area contributed by atoms with Crippen LogP contribution in [-0.2, 0) is 17.8 Å². The van der Waals surface area contributed by atoms with E-state index in [2.05, 4.69) is 76.8 Å². The van der Waals surface area contributed by atoms with E-state index >= 15 is 0 Å². The predicted molar refractivity (Wildman–Crippen MR) is 138 cm³/mol. The summed E-state index contributed by atoms with van der Waals surface area (Å²) in [6.07, 6.45) is 4.51. The number of likely N-dealkylation sites (N-methyl/N-ethyl adjacent to an activating group) is 1. The maximum Gasteiger partial charge on any atom is 0.241 e. The van der Waals surface area contributed by atoms with Crippen LogP contribution in [0.25, 0.3) is 11.1 Å². The van der Waals surface area contributed by atoms with Crippen LogP contribution in [0, 0.1) is 23.2 Å². The number of hydrogen-bond donors (Lipinski definition) is 2. The molecule has 3 aliphatic rings. The molecule has 1 amide bonds. The first-order valence-electron chi connectivity index (χ1n) is 13.0. The van der Waals surface area contributed by atoms with Crippen molar-refractivity contribution in [2.45, 2.75) is 50.2 Å². The number of nitrogens with one attached hydrogen (secondary N) is 1. The maximum atomic E-state index is 12.9. The van der Waals surface area contributed by atoms with E-state index in [4.69, 9.17) is 5.73 Å². The van der Waals surface area contributed by atoms with Crippen molar-refractivity contribution >= 4 is 5.91 Å². The number of nitrogens with two attached hydrogens (primary N) is 1. The molecule has 3 fully saturated rings. The highest BCUT2D eigenvalue weighted by molar-refractivity contribution is 5.87. The Balaban J connectivity index is 1.16. The number of carbonyl (C=O) groups is 1. The van der Waals surface area contributed by atoms with Crippen LogP contribution in [0.4, 0.5) is 0 Å². The van der Waals surface area contributed by atoms with Crippen molar-refractivity contribution in [3.8, 4) is 17.2 Å². The van der Waals surface area contributed by atoms with E-state index in [1.165, 1.54) is 17.5 Å². The Bertz CT molecular complexity index is 1070. The Morgan fingerprint density at radius 3 is 2.23 bits per heavy atom. The average Bonchev–Trinajstić information content (AvgIpc) is 3.47. The molecule has 2 aromatic carbocycles. The van der Waals surface area contributed by atoms with Gasteiger partial charge in [-0.2, -0.15) is 5.26 Å². The Labute approximate surface area is 209 Å². The van der Waals surface area contributed by atoms with Gasteiger partial charge in [0.2, 0.25) is 5.91 Å². The van der Waals surface area contributed by atoms with E-state index in [9.17, 15) is 10.1 Å². The van der Waals surface area contributed by atoms with Gasteiger partial charge in [0.1, 0.15) is 6.04 Å². The van der Waals surface area contributed by atoms with Crippen LogP contribution in [0.1, 0.15) is 36.8 Å². The van der Waals surface area contributed by atoms with Crippen LogP contribution in [0.15, 0.2) is 48.5 Å². The van der Waals surface area contributed by atoms with E-state index in [1.807, 2.05) is 0 Å². The predicted octanol–water partition coefficient (Wildman–Crippen LogP) is 3.17. The Hall–Kier alpha value is -2.72. The van der Waals surface area contributed by atoms with Crippen molar-refractivity contribution in [3.05, 3.63) is 59.7 Å². The number of nitrogens with zero attached hydrogens (tertiary/aromatic N) is 3. The van der Waals surface area contributed by atoms with Gasteiger partial charge < -0.3 is 16.0 Å². The van der Waals surface area contributed by atoms with Crippen LogP contribution in [-0.4, -0.2) is 60.5 Å². The molecule has 1 saturated heterocycles. The summed E-state index contributed by atoms with van der Waals surface area (Å²) in [7, 11) is 2.18. The van der Waals surface area contributed by atoms with Crippen LogP contribution >= 0.6 is 0 Å². The molecule has 184 valence electrons. The van der Waals surface area contributed by atoms with Gasteiger partial charge in [-0.1, -0.05) is 55.0 Å². The van der Waals surface area contributed by atoms with Crippen molar-refractivity contribution in [2.75, 3.05) is 33.2 Å². The Morgan fingerprint density at radius 2 is 1.69 bits per heavy atom. The van der Waals surface area contributed by atoms with Crippen LogP contribution in [0.3, 0.4) is 0 Å². The first-order chi connectivity index (χ1) is 16.9. The fourth-order valence-electron chi connectivity index (χ4n) is 6.21. The summed E-state index contributed by atoms with van der Waals surface area (Å²) >= 11 is 0. The molecule has 2 bridgehead atoms. The maximum absolute atomic E-state index is 12.9. The second-order valence-corrected chi connectivity index (χ2v) is 11.0. The second-order valence-electron chi connectivity index (χ2n) is 11.0. The minimum absolute atomic E-state index is 0.149. The van der Waals surface area contributed by atoms with Crippen molar-refractivity contribution in [1.29, 1.82) is 5.26 Å². The molecule has 6 nitrogen and oxygen atoms in total. The summed E-state index contributed by atoms with van der Waals surface area (Å²) in [6.45, 7) is 5.51. The zero-order valence-corrected chi connectivity index (χ0v) is 20.7. The lowest BCUT2D eigenvalue weighted by molar-refractivity contribution is -0.128. The topological polar surface area (TPSA) is 85.4 Å². The fourth-order valence-corrected chi connectivity index (χ4v) is 6.21. The molecule has 4 atom stereocenters. The minimum Gasteiger partial charge on any atom is -0.338 e. The van der Waals surface area contributed by atoms with Gasteiger partial charge in [-0.25, -0.2) is 0 Å². The van der Waals surface area contributed by atoms with Gasteiger partial charge in [0.05, 0.1) is 11.6 Å². The number of fused-ring (bicyclic) bond motifs is 2. The number of amides is 1. The average molecular weight is 472 g/mol. The normalized spacial score (nSPS) is 27.5.